The Bertz CT molecular complexity index is 443. The zero-order valence-electron chi connectivity index (χ0n) is 14.8. The van der Waals surface area contributed by atoms with Gasteiger partial charge in [-0.3, -0.25) is 0 Å². The van der Waals surface area contributed by atoms with E-state index >= 15 is 0 Å². The van der Waals surface area contributed by atoms with Gasteiger partial charge in [0.15, 0.2) is 0 Å². The molecule has 0 saturated carbocycles. The average Bonchev–Trinajstić information content (AvgIpc) is 2.46. The monoisotopic (exact) mass is 292 g/mol. The molecule has 1 aromatic rings. The van der Waals surface area contributed by atoms with Crippen LogP contribution < -0.4 is 10.2 Å². The lowest BCUT2D eigenvalue weighted by Crippen LogP contribution is -2.34. The number of nitrogens with one attached hydrogen (secondary N) is 1. The summed E-state index contributed by atoms with van der Waals surface area (Å²) in [5.41, 5.74) is 1.15. The molecule has 0 aliphatic carbocycles. The minimum Gasteiger partial charge on any atom is -0.370 e. The van der Waals surface area contributed by atoms with Gasteiger partial charge in [0, 0.05) is 31.6 Å². The normalized spacial score (nSPS) is 12.6. The Labute approximate surface area is 130 Å². The molecule has 0 amide bonds. The fourth-order valence-electron chi connectivity index (χ4n) is 2.28. The van der Waals surface area contributed by atoms with Crippen LogP contribution in [-0.2, 0) is 6.42 Å². The summed E-state index contributed by atoms with van der Waals surface area (Å²) in [5.74, 6) is 3.59. The highest BCUT2D eigenvalue weighted by Crippen LogP contribution is 2.26. The van der Waals surface area contributed by atoms with E-state index in [1.807, 2.05) is 0 Å². The van der Waals surface area contributed by atoms with E-state index in [9.17, 15) is 0 Å². The highest BCUT2D eigenvalue weighted by atomic mass is 15.2. The molecule has 0 radical (unpaired) electrons. The molecule has 0 aliphatic heterocycles. The van der Waals surface area contributed by atoms with Gasteiger partial charge in [0.1, 0.15) is 17.5 Å². The predicted molar refractivity (Wildman–Crippen MR) is 92.2 cm³/mol. The Hall–Kier alpha value is -1.32. The third kappa shape index (κ3) is 4.58. The van der Waals surface area contributed by atoms with Gasteiger partial charge in [-0.2, -0.15) is 0 Å². The molecular formula is C17H32N4. The van der Waals surface area contributed by atoms with Gasteiger partial charge in [-0.25, -0.2) is 9.97 Å². The van der Waals surface area contributed by atoms with Crippen molar-refractivity contribution in [2.45, 2.75) is 66.8 Å². The zero-order valence-corrected chi connectivity index (χ0v) is 14.8. The van der Waals surface area contributed by atoms with Gasteiger partial charge in [0.05, 0.1) is 0 Å². The molecule has 0 saturated heterocycles. The molecule has 1 N–H and O–H groups in total. The number of hydrogen-bond acceptors (Lipinski definition) is 4. The van der Waals surface area contributed by atoms with E-state index in [1.165, 1.54) is 0 Å². The Kier molecular flexibility index (Phi) is 6.93. The van der Waals surface area contributed by atoms with E-state index < -0.39 is 0 Å². The molecule has 0 fully saturated rings. The second-order valence-corrected chi connectivity index (χ2v) is 6.21. The van der Waals surface area contributed by atoms with Crippen molar-refractivity contribution in [1.29, 1.82) is 0 Å². The van der Waals surface area contributed by atoms with Crippen molar-refractivity contribution in [3.8, 4) is 0 Å². The molecule has 4 heteroatoms. The predicted octanol–water partition coefficient (Wildman–Crippen LogP) is 4.04. The molecule has 120 valence electrons. The highest BCUT2D eigenvalue weighted by molar-refractivity contribution is 5.58. The molecule has 1 atom stereocenters. The van der Waals surface area contributed by atoms with Gasteiger partial charge in [0.2, 0.25) is 0 Å². The van der Waals surface area contributed by atoms with Crippen LogP contribution in [0.15, 0.2) is 0 Å². The maximum atomic E-state index is 4.81. The number of anilines is 2. The first-order valence-corrected chi connectivity index (χ1v) is 8.26. The van der Waals surface area contributed by atoms with Gasteiger partial charge >= 0.3 is 0 Å². The molecular weight excluding hydrogens is 260 g/mol. The van der Waals surface area contributed by atoms with Crippen LogP contribution in [0.2, 0.25) is 0 Å². The van der Waals surface area contributed by atoms with Gasteiger partial charge in [-0.05, 0) is 32.6 Å². The van der Waals surface area contributed by atoms with E-state index in [-0.39, 0.29) is 0 Å². The van der Waals surface area contributed by atoms with E-state index in [0.29, 0.717) is 12.0 Å². The number of aromatic nitrogens is 2. The lowest BCUT2D eigenvalue weighted by atomic mass is 10.0. The Morgan fingerprint density at radius 3 is 2.29 bits per heavy atom. The maximum absolute atomic E-state index is 4.81. The number of nitrogens with zero attached hydrogens (tertiary/aromatic N) is 3. The van der Waals surface area contributed by atoms with Crippen molar-refractivity contribution >= 4 is 11.6 Å². The van der Waals surface area contributed by atoms with Gasteiger partial charge in [-0.15, -0.1) is 0 Å². The number of rotatable bonds is 8. The van der Waals surface area contributed by atoms with Crippen LogP contribution in [0, 0.1) is 12.8 Å². The molecule has 0 spiro atoms. The summed E-state index contributed by atoms with van der Waals surface area (Å²) < 4.78 is 0. The second-order valence-electron chi connectivity index (χ2n) is 6.21. The summed E-state index contributed by atoms with van der Waals surface area (Å²) in [6.07, 6.45) is 3.09. The lowest BCUT2D eigenvalue weighted by molar-refractivity contribution is 0.501. The zero-order chi connectivity index (χ0) is 16.0. The van der Waals surface area contributed by atoms with Gasteiger partial charge in [-0.1, -0.05) is 27.7 Å². The van der Waals surface area contributed by atoms with Crippen molar-refractivity contribution in [3.63, 3.8) is 0 Å². The molecule has 0 aromatic carbocycles. The van der Waals surface area contributed by atoms with E-state index in [4.69, 9.17) is 9.97 Å². The quantitative estimate of drug-likeness (QED) is 0.785. The molecule has 0 aliphatic rings. The largest absolute Gasteiger partial charge is 0.370 e. The average molecular weight is 292 g/mol. The van der Waals surface area contributed by atoms with E-state index in [2.05, 4.69) is 58.8 Å². The van der Waals surface area contributed by atoms with Crippen molar-refractivity contribution in [2.24, 2.45) is 5.92 Å². The van der Waals surface area contributed by atoms with Gasteiger partial charge < -0.3 is 10.2 Å². The Balaban J connectivity index is 3.18. The maximum Gasteiger partial charge on any atom is 0.137 e. The topological polar surface area (TPSA) is 41.1 Å². The third-order valence-corrected chi connectivity index (χ3v) is 4.09. The Morgan fingerprint density at radius 1 is 1.10 bits per heavy atom. The molecule has 1 heterocycles. The van der Waals surface area contributed by atoms with Crippen molar-refractivity contribution in [3.05, 3.63) is 11.4 Å². The smallest absolute Gasteiger partial charge is 0.137 e. The van der Waals surface area contributed by atoms with Crippen molar-refractivity contribution in [2.75, 3.05) is 23.8 Å². The van der Waals surface area contributed by atoms with Crippen molar-refractivity contribution in [1.82, 2.24) is 9.97 Å². The van der Waals surface area contributed by atoms with Crippen LogP contribution in [-0.4, -0.2) is 29.6 Å². The fraction of sp³-hybridized carbons (Fsp3) is 0.765. The lowest BCUT2D eigenvalue weighted by Gasteiger charge is -2.31. The summed E-state index contributed by atoms with van der Waals surface area (Å²) in [4.78, 5) is 11.8. The summed E-state index contributed by atoms with van der Waals surface area (Å²) in [5, 5.41) is 3.45. The third-order valence-electron chi connectivity index (χ3n) is 4.09. The molecule has 4 nitrogen and oxygen atoms in total. The minimum absolute atomic E-state index is 0.451. The SMILES string of the molecule is CCCNc1nc(CCC)nc(N(C)C(C)C(C)C)c1C. The first-order valence-electron chi connectivity index (χ1n) is 8.26. The first kappa shape index (κ1) is 17.7. The summed E-state index contributed by atoms with van der Waals surface area (Å²) in [6, 6.07) is 0.451. The van der Waals surface area contributed by atoms with Crippen LogP contribution >= 0.6 is 0 Å². The molecule has 21 heavy (non-hydrogen) atoms. The number of hydrogen-bond donors (Lipinski definition) is 1. The van der Waals surface area contributed by atoms with Crippen molar-refractivity contribution < 1.29 is 0 Å². The minimum atomic E-state index is 0.451. The standard InChI is InChI=1S/C17H32N4/c1-8-10-15-19-16(18-11-9-2)13(5)17(20-15)21(7)14(6)12(3)4/h12,14H,8-11H2,1-7H3,(H,18,19,20). The molecule has 1 unspecified atom stereocenters. The van der Waals surface area contributed by atoms with E-state index in [0.717, 1.165) is 48.8 Å². The summed E-state index contributed by atoms with van der Waals surface area (Å²) >= 11 is 0. The van der Waals surface area contributed by atoms with Crippen LogP contribution in [0.3, 0.4) is 0 Å². The van der Waals surface area contributed by atoms with Crippen LogP contribution in [0.4, 0.5) is 11.6 Å². The highest BCUT2D eigenvalue weighted by Gasteiger charge is 2.19. The van der Waals surface area contributed by atoms with Crippen LogP contribution in [0.5, 0.6) is 0 Å². The Morgan fingerprint density at radius 2 is 1.76 bits per heavy atom. The van der Waals surface area contributed by atoms with E-state index in [1.54, 1.807) is 0 Å². The summed E-state index contributed by atoms with van der Waals surface area (Å²) in [6.45, 7) is 14.2. The van der Waals surface area contributed by atoms with Crippen LogP contribution in [0.25, 0.3) is 0 Å². The molecule has 0 bridgehead atoms. The molecule has 1 aromatic heterocycles. The van der Waals surface area contributed by atoms with Crippen LogP contribution in [0.1, 0.15) is 58.8 Å². The fourth-order valence-corrected chi connectivity index (χ4v) is 2.28. The molecule has 1 rings (SSSR count). The summed E-state index contributed by atoms with van der Waals surface area (Å²) in [7, 11) is 2.14. The number of aryl methyl sites for hydroxylation is 1. The van der Waals surface area contributed by atoms with Gasteiger partial charge in [0.25, 0.3) is 0 Å². The first-order chi connectivity index (χ1) is 9.92. The second kappa shape index (κ2) is 8.20.